The first-order valence-electron chi connectivity index (χ1n) is 9.48. The van der Waals surface area contributed by atoms with E-state index >= 15 is 0 Å². The third-order valence-electron chi connectivity index (χ3n) is 8.60. The molecule has 3 N–H and O–H groups in total. The van der Waals surface area contributed by atoms with Crippen LogP contribution in [0.3, 0.4) is 0 Å². The minimum Gasteiger partial charge on any atom is -0.393 e. The van der Waals surface area contributed by atoms with Gasteiger partial charge >= 0.3 is 0 Å². The maximum absolute atomic E-state index is 10.1. The van der Waals surface area contributed by atoms with E-state index in [0.717, 1.165) is 31.1 Å². The molecule has 2 heteroatoms. The number of rotatable bonds is 0. The van der Waals surface area contributed by atoms with Gasteiger partial charge in [0.25, 0.3) is 0 Å². The molecule has 0 aromatic heterocycles. The van der Waals surface area contributed by atoms with Gasteiger partial charge in [-0.1, -0.05) is 26.0 Å². The van der Waals surface area contributed by atoms with Crippen LogP contribution < -0.4 is 5.73 Å². The summed E-state index contributed by atoms with van der Waals surface area (Å²) in [6, 6.07) is 0.323. The first-order valence-corrected chi connectivity index (χ1v) is 9.48. The molecule has 0 spiro atoms. The van der Waals surface area contributed by atoms with Crippen LogP contribution >= 0.6 is 0 Å². The number of hydrogen-bond acceptors (Lipinski definition) is 2. The first-order chi connectivity index (χ1) is 10.4. The zero-order chi connectivity index (χ0) is 15.7. The Morgan fingerprint density at radius 1 is 1.18 bits per heavy atom. The second-order valence-electron chi connectivity index (χ2n) is 9.43. The third-order valence-corrected chi connectivity index (χ3v) is 8.60. The van der Waals surface area contributed by atoms with Gasteiger partial charge < -0.3 is 10.8 Å². The molecule has 0 heterocycles. The molecule has 2 nitrogen and oxygen atoms in total. The highest BCUT2D eigenvalue weighted by atomic mass is 16.3. The van der Waals surface area contributed by atoms with Crippen LogP contribution in [0.4, 0.5) is 0 Å². The lowest BCUT2D eigenvalue weighted by atomic mass is 9.44. The van der Waals surface area contributed by atoms with Gasteiger partial charge in [-0.15, -0.1) is 0 Å². The molecule has 0 radical (unpaired) electrons. The summed E-state index contributed by atoms with van der Waals surface area (Å²) in [5.41, 5.74) is 8.96. The highest BCUT2D eigenvalue weighted by Gasteiger charge is 2.61. The number of fused-ring (bicyclic) bond motifs is 5. The van der Waals surface area contributed by atoms with Gasteiger partial charge in [-0.05, 0) is 85.9 Å². The topological polar surface area (TPSA) is 46.2 Å². The fourth-order valence-electron chi connectivity index (χ4n) is 7.40. The molecule has 0 aliphatic heterocycles. The van der Waals surface area contributed by atoms with Gasteiger partial charge in [0.05, 0.1) is 6.10 Å². The monoisotopic (exact) mass is 303 g/mol. The maximum Gasteiger partial charge on any atom is 0.0543 e. The molecule has 0 aromatic rings. The van der Waals surface area contributed by atoms with E-state index < -0.39 is 0 Å². The molecular weight excluding hydrogens is 270 g/mol. The minimum atomic E-state index is -0.0639. The smallest absolute Gasteiger partial charge is 0.0543 e. The molecule has 22 heavy (non-hydrogen) atoms. The van der Waals surface area contributed by atoms with Gasteiger partial charge in [0, 0.05) is 6.04 Å². The van der Waals surface area contributed by atoms with Crippen LogP contribution in [0.5, 0.6) is 0 Å². The lowest BCUT2D eigenvalue weighted by molar-refractivity contribution is -0.125. The molecule has 8 atom stereocenters. The molecule has 4 aliphatic rings. The van der Waals surface area contributed by atoms with Gasteiger partial charge in [-0.2, -0.15) is 0 Å². The predicted molar refractivity (Wildman–Crippen MR) is 90.2 cm³/mol. The molecule has 4 fully saturated rings. The number of nitrogens with two attached hydrogens (primary N) is 1. The summed E-state index contributed by atoms with van der Waals surface area (Å²) in [5, 5.41) is 10.1. The second kappa shape index (κ2) is 4.83. The zero-order valence-corrected chi connectivity index (χ0v) is 14.4. The van der Waals surface area contributed by atoms with Crippen LogP contribution in [0, 0.1) is 34.5 Å². The van der Waals surface area contributed by atoms with Gasteiger partial charge in [-0.3, -0.25) is 0 Å². The van der Waals surface area contributed by atoms with Gasteiger partial charge in [0.1, 0.15) is 0 Å². The third kappa shape index (κ3) is 1.86. The zero-order valence-electron chi connectivity index (χ0n) is 14.4. The van der Waals surface area contributed by atoms with Crippen molar-refractivity contribution in [3.8, 4) is 0 Å². The van der Waals surface area contributed by atoms with Gasteiger partial charge in [-0.25, -0.2) is 0 Å². The highest BCUT2D eigenvalue weighted by Crippen LogP contribution is 2.66. The van der Waals surface area contributed by atoms with Crippen molar-refractivity contribution >= 4 is 0 Å². The van der Waals surface area contributed by atoms with Gasteiger partial charge in [0.15, 0.2) is 0 Å². The SMILES string of the molecule is C=C1CC[C@H]2[C@@H]3CCC4CC(O)CC[C@]4(C)[C@@H]3C(N)C[C@]12C. The fraction of sp³-hybridized carbons (Fsp3) is 0.900. The average Bonchev–Trinajstić information content (AvgIpc) is 2.75. The molecule has 3 unspecified atom stereocenters. The quantitative estimate of drug-likeness (QED) is 0.667. The van der Waals surface area contributed by atoms with Crippen molar-refractivity contribution in [3.63, 3.8) is 0 Å². The molecule has 124 valence electrons. The fourth-order valence-corrected chi connectivity index (χ4v) is 7.40. The molecule has 4 saturated carbocycles. The summed E-state index contributed by atoms with van der Waals surface area (Å²) in [5.74, 6) is 2.97. The summed E-state index contributed by atoms with van der Waals surface area (Å²) in [6.07, 6.45) is 9.45. The highest BCUT2D eigenvalue weighted by molar-refractivity contribution is 5.23. The van der Waals surface area contributed by atoms with Crippen LogP contribution in [-0.4, -0.2) is 17.3 Å². The molecule has 4 aliphatic carbocycles. The summed E-state index contributed by atoms with van der Waals surface area (Å²) in [7, 11) is 0. The Bertz CT molecular complexity index is 488. The minimum absolute atomic E-state index is 0.0639. The number of allylic oxidation sites excluding steroid dienone is 1. The van der Waals surface area contributed by atoms with Crippen molar-refractivity contribution in [2.75, 3.05) is 0 Å². The van der Waals surface area contributed by atoms with E-state index in [4.69, 9.17) is 5.73 Å². The Hall–Kier alpha value is -0.340. The van der Waals surface area contributed by atoms with Crippen LogP contribution in [0.15, 0.2) is 12.2 Å². The van der Waals surface area contributed by atoms with Crippen LogP contribution in [-0.2, 0) is 0 Å². The number of aliphatic hydroxyl groups is 1. The van der Waals surface area contributed by atoms with Crippen molar-refractivity contribution < 1.29 is 5.11 Å². The van der Waals surface area contributed by atoms with Crippen molar-refractivity contribution in [1.29, 1.82) is 0 Å². The van der Waals surface area contributed by atoms with Crippen molar-refractivity contribution in [3.05, 3.63) is 12.2 Å². The molecule has 0 amide bonds. The second-order valence-corrected chi connectivity index (χ2v) is 9.43. The molecule has 0 saturated heterocycles. The Morgan fingerprint density at radius 2 is 1.95 bits per heavy atom. The summed E-state index contributed by atoms with van der Waals surface area (Å²) in [4.78, 5) is 0. The lowest BCUT2D eigenvalue weighted by Crippen LogP contribution is -2.60. The standard InChI is InChI=1S/C20H33NO/c1-12-4-7-16-15-6-5-13-10-14(22)8-9-19(13,2)18(15)17(21)11-20(12,16)3/h13-18,22H,1,4-11,21H2,2-3H3/t13?,14?,15-,16-,17?,18-,19-,20+/m0/s1. The summed E-state index contributed by atoms with van der Waals surface area (Å²) >= 11 is 0. The molecular formula is C20H33NO. The molecule has 0 aromatic carbocycles. The van der Waals surface area contributed by atoms with Crippen LogP contribution in [0.25, 0.3) is 0 Å². The van der Waals surface area contributed by atoms with Crippen LogP contribution in [0.2, 0.25) is 0 Å². The lowest BCUT2D eigenvalue weighted by Gasteiger charge is -2.62. The van der Waals surface area contributed by atoms with E-state index in [9.17, 15) is 5.11 Å². The largest absolute Gasteiger partial charge is 0.393 e. The number of aliphatic hydroxyl groups excluding tert-OH is 1. The van der Waals surface area contributed by atoms with E-state index in [0.29, 0.717) is 28.7 Å². The van der Waals surface area contributed by atoms with Crippen molar-refractivity contribution in [1.82, 2.24) is 0 Å². The van der Waals surface area contributed by atoms with E-state index in [2.05, 4.69) is 20.4 Å². The van der Waals surface area contributed by atoms with E-state index in [1.54, 1.807) is 0 Å². The van der Waals surface area contributed by atoms with E-state index in [-0.39, 0.29) is 6.10 Å². The van der Waals surface area contributed by atoms with E-state index in [1.165, 1.54) is 37.7 Å². The van der Waals surface area contributed by atoms with Gasteiger partial charge in [0.2, 0.25) is 0 Å². The first kappa shape index (κ1) is 15.2. The average molecular weight is 303 g/mol. The van der Waals surface area contributed by atoms with Crippen molar-refractivity contribution in [2.45, 2.75) is 77.4 Å². The number of hydrogen-bond donors (Lipinski definition) is 2. The van der Waals surface area contributed by atoms with Crippen LogP contribution in [0.1, 0.15) is 65.2 Å². The Labute approximate surface area is 135 Å². The summed E-state index contributed by atoms with van der Waals surface area (Å²) in [6.45, 7) is 9.36. The maximum atomic E-state index is 10.1. The predicted octanol–water partition coefficient (Wildman–Crippen LogP) is 3.88. The Balaban J connectivity index is 1.69. The normalized spacial score (nSPS) is 57.9. The van der Waals surface area contributed by atoms with Crippen molar-refractivity contribution in [2.24, 2.45) is 40.2 Å². The Kier molecular flexibility index (Phi) is 3.34. The Morgan fingerprint density at radius 3 is 2.73 bits per heavy atom. The summed E-state index contributed by atoms with van der Waals surface area (Å²) < 4.78 is 0. The molecule has 4 rings (SSSR count). The van der Waals surface area contributed by atoms with E-state index in [1.807, 2.05) is 0 Å². The molecule has 0 bridgehead atoms.